The Morgan fingerprint density at radius 2 is 1.75 bits per heavy atom. The Bertz CT molecular complexity index is 1350. The fourth-order valence-electron chi connectivity index (χ4n) is 4.86. The van der Waals surface area contributed by atoms with E-state index in [1.165, 1.54) is 24.0 Å². The number of aliphatic carboxylic acids is 1. The van der Waals surface area contributed by atoms with Crippen LogP contribution in [0.3, 0.4) is 0 Å². The molecule has 0 fully saturated rings. The van der Waals surface area contributed by atoms with E-state index in [1.807, 2.05) is 36.4 Å². The van der Waals surface area contributed by atoms with Gasteiger partial charge in [0, 0.05) is 22.7 Å². The van der Waals surface area contributed by atoms with E-state index in [-0.39, 0.29) is 24.8 Å². The summed E-state index contributed by atoms with van der Waals surface area (Å²) in [6.07, 6.45) is 7.32. The number of nitrogens with one attached hydrogen (secondary N) is 2. The van der Waals surface area contributed by atoms with Crippen molar-refractivity contribution >= 4 is 40.8 Å². The Labute approximate surface area is 240 Å². The summed E-state index contributed by atoms with van der Waals surface area (Å²) in [5, 5.41) is 14.5. The number of carbonyl (C=O) groups is 3. The number of anilines is 1. The average Bonchev–Trinajstić information content (AvgIpc) is 2.97. The van der Waals surface area contributed by atoms with Crippen molar-refractivity contribution in [3.63, 3.8) is 0 Å². The van der Waals surface area contributed by atoms with E-state index in [9.17, 15) is 14.4 Å². The van der Waals surface area contributed by atoms with Crippen molar-refractivity contribution < 1.29 is 19.5 Å². The van der Waals surface area contributed by atoms with E-state index in [1.54, 1.807) is 23.9 Å². The molecule has 4 rings (SSSR count). The average molecular weight is 557 g/mol. The maximum atomic E-state index is 13.7. The molecule has 0 radical (unpaired) electrons. The van der Waals surface area contributed by atoms with Crippen LogP contribution >= 0.6 is 11.8 Å². The van der Waals surface area contributed by atoms with Crippen molar-refractivity contribution in [3.05, 3.63) is 101 Å². The van der Waals surface area contributed by atoms with Crippen LogP contribution in [0.4, 0.5) is 5.69 Å². The molecule has 1 aliphatic carbocycles. The van der Waals surface area contributed by atoms with Crippen LogP contribution in [-0.2, 0) is 16.0 Å². The molecular weight excluding hydrogens is 520 g/mol. The van der Waals surface area contributed by atoms with E-state index in [4.69, 9.17) is 5.11 Å². The molecule has 0 bridgehead atoms. The number of amides is 2. The molecule has 3 aromatic carbocycles. The van der Waals surface area contributed by atoms with Gasteiger partial charge in [-0.25, -0.2) is 0 Å². The highest BCUT2D eigenvalue weighted by Crippen LogP contribution is 2.30. The molecule has 3 aromatic rings. The van der Waals surface area contributed by atoms with Crippen molar-refractivity contribution in [2.45, 2.75) is 56.3 Å². The molecule has 0 spiro atoms. The molecule has 0 aromatic heterocycles. The fraction of sp³-hybridized carbons (Fsp3) is 0.303. The third kappa shape index (κ3) is 8.33. The zero-order valence-corrected chi connectivity index (χ0v) is 23.6. The van der Waals surface area contributed by atoms with Gasteiger partial charge in [0.15, 0.2) is 0 Å². The number of thioether (sulfide) groups is 1. The van der Waals surface area contributed by atoms with Crippen LogP contribution in [0, 0.1) is 0 Å². The van der Waals surface area contributed by atoms with E-state index < -0.39 is 11.9 Å². The molecular formula is C33H36N2O4S. The van der Waals surface area contributed by atoms with E-state index >= 15 is 0 Å². The molecule has 7 heteroatoms. The standard InChI is InChI=1S/C33H36N2O4S/c1-2-40-29-10-6-9-28(22-29)35-33(39)30(26-17-15-25(16-18-26)24-7-4-3-5-8-24)21-23-11-13-27(14-12-23)32(38)34-20-19-31(36)37/h6-7,9-18,22,30H,2-5,8,19-21H2,1H3,(H,34,38)(H,35,39)(H,36,37). The molecule has 1 unspecified atom stereocenters. The number of allylic oxidation sites excluding steroid dienone is 2. The smallest absolute Gasteiger partial charge is 0.305 e. The Morgan fingerprint density at radius 3 is 2.42 bits per heavy atom. The van der Waals surface area contributed by atoms with Gasteiger partial charge < -0.3 is 15.7 Å². The Morgan fingerprint density at radius 1 is 0.975 bits per heavy atom. The quantitative estimate of drug-likeness (QED) is 0.210. The van der Waals surface area contributed by atoms with Crippen LogP contribution in [0.2, 0.25) is 0 Å². The summed E-state index contributed by atoms with van der Waals surface area (Å²) in [5.74, 6) is -0.833. The van der Waals surface area contributed by atoms with Gasteiger partial charge in [0.25, 0.3) is 5.91 Å². The van der Waals surface area contributed by atoms with Gasteiger partial charge in [0.2, 0.25) is 5.91 Å². The number of rotatable bonds is 12. The number of carbonyl (C=O) groups excluding carboxylic acids is 2. The van der Waals surface area contributed by atoms with Gasteiger partial charge in [0.05, 0.1) is 12.3 Å². The predicted molar refractivity (Wildman–Crippen MR) is 162 cm³/mol. The molecule has 3 N–H and O–H groups in total. The Balaban J connectivity index is 1.53. The predicted octanol–water partition coefficient (Wildman–Crippen LogP) is 6.93. The van der Waals surface area contributed by atoms with Crippen LogP contribution in [0.5, 0.6) is 0 Å². The van der Waals surface area contributed by atoms with Crippen LogP contribution < -0.4 is 10.6 Å². The number of carboxylic acid groups (broad SMARTS) is 1. The van der Waals surface area contributed by atoms with Crippen molar-refractivity contribution in [1.82, 2.24) is 5.32 Å². The maximum absolute atomic E-state index is 13.7. The fourth-order valence-corrected chi connectivity index (χ4v) is 5.58. The van der Waals surface area contributed by atoms with E-state index in [0.29, 0.717) is 12.0 Å². The second-order valence-corrected chi connectivity index (χ2v) is 11.2. The Kier molecular flexibility index (Phi) is 10.6. The summed E-state index contributed by atoms with van der Waals surface area (Å²) in [6, 6.07) is 23.4. The van der Waals surface area contributed by atoms with E-state index in [2.05, 4.69) is 47.9 Å². The lowest BCUT2D eigenvalue weighted by Gasteiger charge is -2.19. The lowest BCUT2D eigenvalue weighted by atomic mass is 9.88. The summed E-state index contributed by atoms with van der Waals surface area (Å²) in [6.45, 7) is 2.17. The first-order valence-corrected chi connectivity index (χ1v) is 14.8. The molecule has 0 saturated carbocycles. The first-order valence-electron chi connectivity index (χ1n) is 13.8. The molecule has 6 nitrogen and oxygen atoms in total. The molecule has 0 aliphatic heterocycles. The zero-order chi connectivity index (χ0) is 28.3. The number of hydrogen-bond donors (Lipinski definition) is 3. The molecule has 40 heavy (non-hydrogen) atoms. The third-order valence-corrected chi connectivity index (χ3v) is 7.86. The second kappa shape index (κ2) is 14.5. The second-order valence-electron chi connectivity index (χ2n) is 9.90. The normalized spacial score (nSPS) is 13.7. The Hall–Kier alpha value is -3.84. The van der Waals surface area contributed by atoms with Crippen LogP contribution in [0.15, 0.2) is 83.8 Å². The van der Waals surface area contributed by atoms with Gasteiger partial charge in [-0.1, -0.05) is 55.5 Å². The van der Waals surface area contributed by atoms with Crippen LogP contribution in [0.1, 0.15) is 72.0 Å². The molecule has 0 heterocycles. The lowest BCUT2D eigenvalue weighted by Crippen LogP contribution is -2.26. The van der Waals surface area contributed by atoms with Gasteiger partial charge in [-0.15, -0.1) is 11.8 Å². The summed E-state index contributed by atoms with van der Waals surface area (Å²) in [7, 11) is 0. The third-order valence-electron chi connectivity index (χ3n) is 6.98. The molecule has 1 atom stereocenters. The van der Waals surface area contributed by atoms with Gasteiger partial charge in [-0.05, 0) is 90.5 Å². The molecule has 1 aliphatic rings. The molecule has 2 amide bonds. The number of benzene rings is 3. The maximum Gasteiger partial charge on any atom is 0.305 e. The largest absolute Gasteiger partial charge is 0.481 e. The van der Waals surface area contributed by atoms with Gasteiger partial charge in [-0.3, -0.25) is 14.4 Å². The first-order chi connectivity index (χ1) is 19.4. The van der Waals surface area contributed by atoms with Crippen LogP contribution in [-0.4, -0.2) is 35.2 Å². The monoisotopic (exact) mass is 556 g/mol. The van der Waals surface area contributed by atoms with Crippen LogP contribution in [0.25, 0.3) is 5.57 Å². The number of carboxylic acids is 1. The minimum atomic E-state index is -0.959. The summed E-state index contributed by atoms with van der Waals surface area (Å²) < 4.78 is 0. The highest BCUT2D eigenvalue weighted by atomic mass is 32.2. The molecule has 208 valence electrons. The topological polar surface area (TPSA) is 95.5 Å². The van der Waals surface area contributed by atoms with Crippen molar-refractivity contribution in [3.8, 4) is 0 Å². The van der Waals surface area contributed by atoms with E-state index in [0.717, 1.165) is 40.3 Å². The summed E-state index contributed by atoms with van der Waals surface area (Å²) in [5.41, 5.74) is 5.67. The van der Waals surface area contributed by atoms with Gasteiger partial charge >= 0.3 is 5.97 Å². The minimum absolute atomic E-state index is 0.0724. The SMILES string of the molecule is CCSc1cccc(NC(=O)C(Cc2ccc(C(=O)NCCC(=O)O)cc2)c2ccc(C3=CCCCC3)cc2)c1. The molecule has 0 saturated heterocycles. The zero-order valence-electron chi connectivity index (χ0n) is 22.8. The summed E-state index contributed by atoms with van der Waals surface area (Å²) >= 11 is 1.73. The lowest BCUT2D eigenvalue weighted by molar-refractivity contribution is -0.136. The summed E-state index contributed by atoms with van der Waals surface area (Å²) in [4.78, 5) is 37.9. The highest BCUT2D eigenvalue weighted by molar-refractivity contribution is 7.99. The van der Waals surface area contributed by atoms with Gasteiger partial charge in [0.1, 0.15) is 0 Å². The van der Waals surface area contributed by atoms with Gasteiger partial charge in [-0.2, -0.15) is 0 Å². The van der Waals surface area contributed by atoms with Crippen molar-refractivity contribution in [2.24, 2.45) is 0 Å². The van der Waals surface area contributed by atoms with Crippen molar-refractivity contribution in [1.29, 1.82) is 0 Å². The van der Waals surface area contributed by atoms with Crippen molar-refractivity contribution in [2.75, 3.05) is 17.6 Å². The highest BCUT2D eigenvalue weighted by Gasteiger charge is 2.22. The first kappa shape index (κ1) is 29.2. The minimum Gasteiger partial charge on any atom is -0.481 e. The number of hydrogen-bond acceptors (Lipinski definition) is 4.